The molecule has 0 aromatic heterocycles. The van der Waals surface area contributed by atoms with Crippen LogP contribution >= 0.6 is 15.9 Å². The maximum atomic E-state index is 6.09. The average Bonchev–Trinajstić information content (AvgIpc) is 3.04. The number of hydrogen-bond donors (Lipinski definition) is 1. The third-order valence-electron chi connectivity index (χ3n) is 4.93. The van der Waals surface area contributed by atoms with E-state index in [0.29, 0.717) is 5.92 Å². The van der Waals surface area contributed by atoms with Crippen molar-refractivity contribution in [3.05, 3.63) is 57.6 Å². The average molecular weight is 374 g/mol. The van der Waals surface area contributed by atoms with E-state index < -0.39 is 0 Å². The lowest BCUT2D eigenvalue weighted by molar-refractivity contribution is 0.0829. The van der Waals surface area contributed by atoms with Crippen molar-refractivity contribution in [2.75, 3.05) is 19.0 Å². The zero-order valence-corrected chi connectivity index (χ0v) is 14.9. The Hall–Kier alpha value is -1.52. The van der Waals surface area contributed by atoms with Crippen LogP contribution in [0.3, 0.4) is 0 Å². The second-order valence-electron chi connectivity index (χ2n) is 6.35. The molecule has 0 saturated carbocycles. The molecule has 1 fully saturated rings. The molecule has 0 aliphatic carbocycles. The number of fused-ring (bicyclic) bond motifs is 3. The minimum atomic E-state index is 0.192. The molecule has 2 aliphatic rings. The molecule has 4 rings (SSSR count). The highest BCUT2D eigenvalue weighted by Gasteiger charge is 2.41. The Bertz CT molecular complexity index is 746. The molecule has 2 aromatic rings. The van der Waals surface area contributed by atoms with Crippen LogP contribution in [-0.4, -0.2) is 13.7 Å². The molecule has 0 radical (unpaired) electrons. The van der Waals surface area contributed by atoms with Crippen LogP contribution in [0.1, 0.15) is 35.3 Å². The van der Waals surface area contributed by atoms with E-state index in [-0.39, 0.29) is 12.1 Å². The normalized spacial score (nSPS) is 25.4. The van der Waals surface area contributed by atoms with Crippen LogP contribution in [0.25, 0.3) is 0 Å². The summed E-state index contributed by atoms with van der Waals surface area (Å²) in [4.78, 5) is 0. The third kappa shape index (κ3) is 2.54. The van der Waals surface area contributed by atoms with E-state index in [1.54, 1.807) is 7.11 Å². The molecule has 1 saturated heterocycles. The van der Waals surface area contributed by atoms with Crippen LogP contribution in [0.15, 0.2) is 40.9 Å². The molecule has 3 atom stereocenters. The summed E-state index contributed by atoms with van der Waals surface area (Å²) < 4.78 is 12.4. The maximum absolute atomic E-state index is 6.09. The lowest BCUT2D eigenvalue weighted by Crippen LogP contribution is -2.29. The summed E-state index contributed by atoms with van der Waals surface area (Å²) >= 11 is 3.60. The molecule has 2 aromatic carbocycles. The van der Waals surface area contributed by atoms with E-state index in [1.807, 2.05) is 6.07 Å². The molecule has 2 heterocycles. The Morgan fingerprint density at radius 1 is 1.22 bits per heavy atom. The second kappa shape index (κ2) is 5.84. The van der Waals surface area contributed by atoms with Crippen LogP contribution in [0.5, 0.6) is 5.75 Å². The summed E-state index contributed by atoms with van der Waals surface area (Å²) in [6.45, 7) is 2.97. The molecule has 0 bridgehead atoms. The fraction of sp³-hybridized carbons (Fsp3) is 0.368. The van der Waals surface area contributed by atoms with Gasteiger partial charge in [-0.15, -0.1) is 0 Å². The summed E-state index contributed by atoms with van der Waals surface area (Å²) in [7, 11) is 1.69. The molecule has 4 heteroatoms. The standard InChI is InChI=1S/C19H20BrNO2/c1-11-3-5-16-14(9-11)19-13(7-8-23-19)18(21-16)12-4-6-17(22-2)15(20)10-12/h3-6,9-10,13,18-19,21H,7-8H2,1-2H3/t13-,18+,19-/m0/s1. The zero-order chi connectivity index (χ0) is 16.0. The first-order valence-corrected chi connectivity index (χ1v) is 8.79. The quantitative estimate of drug-likeness (QED) is 0.802. The van der Waals surface area contributed by atoms with Gasteiger partial charge in [-0.3, -0.25) is 0 Å². The highest BCUT2D eigenvalue weighted by atomic mass is 79.9. The van der Waals surface area contributed by atoms with Gasteiger partial charge in [-0.05, 0) is 53.0 Å². The number of ether oxygens (including phenoxy) is 2. The van der Waals surface area contributed by atoms with Crippen molar-refractivity contribution in [3.8, 4) is 5.75 Å². The van der Waals surface area contributed by atoms with Crippen LogP contribution in [0.4, 0.5) is 5.69 Å². The molecule has 0 unspecified atom stereocenters. The second-order valence-corrected chi connectivity index (χ2v) is 7.20. The van der Waals surface area contributed by atoms with Gasteiger partial charge in [0.1, 0.15) is 5.75 Å². The Balaban J connectivity index is 1.75. The Morgan fingerprint density at radius 2 is 2.09 bits per heavy atom. The van der Waals surface area contributed by atoms with Gasteiger partial charge in [-0.1, -0.05) is 23.8 Å². The van der Waals surface area contributed by atoms with E-state index in [2.05, 4.69) is 58.5 Å². The minimum Gasteiger partial charge on any atom is -0.496 e. The molecular weight excluding hydrogens is 354 g/mol. The molecule has 1 N–H and O–H groups in total. The van der Waals surface area contributed by atoms with Crippen molar-refractivity contribution in [1.29, 1.82) is 0 Å². The van der Waals surface area contributed by atoms with Crippen molar-refractivity contribution in [3.63, 3.8) is 0 Å². The first-order valence-electron chi connectivity index (χ1n) is 7.99. The van der Waals surface area contributed by atoms with Crippen molar-refractivity contribution < 1.29 is 9.47 Å². The highest BCUT2D eigenvalue weighted by Crippen LogP contribution is 2.50. The number of methoxy groups -OCH3 is 1. The molecular formula is C19H20BrNO2. The monoisotopic (exact) mass is 373 g/mol. The van der Waals surface area contributed by atoms with Gasteiger partial charge >= 0.3 is 0 Å². The summed E-state index contributed by atoms with van der Waals surface area (Å²) in [6.07, 6.45) is 1.27. The first-order chi connectivity index (χ1) is 11.2. The van der Waals surface area contributed by atoms with Gasteiger partial charge in [0.05, 0.1) is 23.7 Å². The van der Waals surface area contributed by atoms with E-state index in [4.69, 9.17) is 9.47 Å². The summed E-state index contributed by atoms with van der Waals surface area (Å²) in [6, 6.07) is 13.2. The maximum Gasteiger partial charge on any atom is 0.133 e. The fourth-order valence-electron chi connectivity index (χ4n) is 3.80. The van der Waals surface area contributed by atoms with Gasteiger partial charge in [0.2, 0.25) is 0 Å². The Labute approximate surface area is 145 Å². The zero-order valence-electron chi connectivity index (χ0n) is 13.3. The van der Waals surface area contributed by atoms with Gasteiger partial charge < -0.3 is 14.8 Å². The smallest absolute Gasteiger partial charge is 0.133 e. The van der Waals surface area contributed by atoms with Crippen molar-refractivity contribution in [2.24, 2.45) is 5.92 Å². The van der Waals surface area contributed by atoms with Crippen molar-refractivity contribution in [1.82, 2.24) is 0 Å². The number of aryl methyl sites for hydroxylation is 1. The summed E-state index contributed by atoms with van der Waals surface area (Å²) in [5.41, 5.74) is 5.04. The van der Waals surface area contributed by atoms with Gasteiger partial charge in [0, 0.05) is 23.8 Å². The number of hydrogen-bond acceptors (Lipinski definition) is 3. The fourth-order valence-corrected chi connectivity index (χ4v) is 4.36. The van der Waals surface area contributed by atoms with Gasteiger partial charge in [-0.2, -0.15) is 0 Å². The van der Waals surface area contributed by atoms with E-state index in [0.717, 1.165) is 23.2 Å². The third-order valence-corrected chi connectivity index (χ3v) is 5.54. The molecule has 0 amide bonds. The molecule has 2 aliphatic heterocycles. The van der Waals surface area contributed by atoms with Crippen LogP contribution in [-0.2, 0) is 4.74 Å². The molecule has 23 heavy (non-hydrogen) atoms. The van der Waals surface area contributed by atoms with Gasteiger partial charge in [0.25, 0.3) is 0 Å². The largest absolute Gasteiger partial charge is 0.496 e. The Kier molecular flexibility index (Phi) is 3.82. The molecule has 3 nitrogen and oxygen atoms in total. The number of halogens is 1. The lowest BCUT2D eigenvalue weighted by Gasteiger charge is -2.36. The summed E-state index contributed by atoms with van der Waals surface area (Å²) in [5, 5.41) is 3.73. The van der Waals surface area contributed by atoms with E-state index in [1.165, 1.54) is 22.4 Å². The van der Waals surface area contributed by atoms with Crippen molar-refractivity contribution >= 4 is 21.6 Å². The molecule has 120 valence electrons. The highest BCUT2D eigenvalue weighted by molar-refractivity contribution is 9.10. The minimum absolute atomic E-state index is 0.192. The summed E-state index contributed by atoms with van der Waals surface area (Å²) in [5.74, 6) is 1.32. The van der Waals surface area contributed by atoms with Crippen LogP contribution in [0, 0.1) is 12.8 Å². The van der Waals surface area contributed by atoms with Crippen LogP contribution < -0.4 is 10.1 Å². The number of nitrogens with one attached hydrogen (secondary N) is 1. The van der Waals surface area contributed by atoms with Gasteiger partial charge in [0.15, 0.2) is 0 Å². The number of rotatable bonds is 2. The number of benzene rings is 2. The predicted molar refractivity (Wildman–Crippen MR) is 95.0 cm³/mol. The number of anilines is 1. The first kappa shape index (κ1) is 15.0. The van der Waals surface area contributed by atoms with E-state index in [9.17, 15) is 0 Å². The lowest BCUT2D eigenvalue weighted by atomic mass is 9.80. The Morgan fingerprint density at radius 3 is 2.87 bits per heavy atom. The van der Waals surface area contributed by atoms with Crippen molar-refractivity contribution in [2.45, 2.75) is 25.5 Å². The SMILES string of the molecule is COc1ccc([C@H]2Nc3ccc(C)cc3[C@H]3OCC[C@@H]23)cc1Br. The predicted octanol–water partition coefficient (Wildman–Crippen LogP) is 5.01. The molecule has 0 spiro atoms. The topological polar surface area (TPSA) is 30.5 Å². The van der Waals surface area contributed by atoms with Gasteiger partial charge in [-0.25, -0.2) is 0 Å². The van der Waals surface area contributed by atoms with Crippen LogP contribution in [0.2, 0.25) is 0 Å². The van der Waals surface area contributed by atoms with E-state index >= 15 is 0 Å².